The topological polar surface area (TPSA) is 68.9 Å². The Kier molecular flexibility index (Phi) is 4.73. The molecule has 0 aromatic carbocycles. The first-order chi connectivity index (χ1) is 11.5. The highest BCUT2D eigenvalue weighted by Crippen LogP contribution is 2.23. The third-order valence-corrected chi connectivity index (χ3v) is 5.00. The standard InChI is InChI=1S/C18H26N4O2/c1-12(2)22-17-15(9-6-10-19-17)21(18(22)24)11-16(23)20-14-8-5-4-7-13(14)3/h6,9-10,12-14H,4-5,7-8,11H2,1-3H3,(H,20,23)/t13-,14+/m1/s1. The average molecular weight is 330 g/mol. The Morgan fingerprint density at radius 1 is 1.38 bits per heavy atom. The molecule has 24 heavy (non-hydrogen) atoms. The van der Waals surface area contributed by atoms with E-state index in [1.807, 2.05) is 19.9 Å². The maximum atomic E-state index is 12.7. The van der Waals surface area contributed by atoms with Crippen LogP contribution in [0, 0.1) is 5.92 Å². The second-order valence-electron chi connectivity index (χ2n) is 7.11. The molecular formula is C18H26N4O2. The SMILES string of the molecule is CC(C)n1c(=O)n(CC(=O)N[C@H]2CCCC[C@H]2C)c2cccnc21. The molecular weight excluding hydrogens is 304 g/mol. The number of nitrogens with zero attached hydrogens (tertiary/aromatic N) is 3. The molecule has 0 unspecified atom stereocenters. The van der Waals surface area contributed by atoms with E-state index in [4.69, 9.17) is 0 Å². The zero-order chi connectivity index (χ0) is 17.3. The number of carbonyl (C=O) groups is 1. The molecule has 0 saturated heterocycles. The van der Waals surface area contributed by atoms with E-state index >= 15 is 0 Å². The first-order valence-electron chi connectivity index (χ1n) is 8.84. The van der Waals surface area contributed by atoms with Crippen LogP contribution >= 0.6 is 0 Å². The van der Waals surface area contributed by atoms with Gasteiger partial charge in [0.05, 0.1) is 5.52 Å². The normalized spacial score (nSPS) is 21.3. The number of hydrogen-bond acceptors (Lipinski definition) is 3. The number of amides is 1. The smallest absolute Gasteiger partial charge is 0.331 e. The predicted octanol–water partition coefficient (Wildman–Crippen LogP) is 2.47. The summed E-state index contributed by atoms with van der Waals surface area (Å²) in [5.41, 5.74) is 1.17. The highest BCUT2D eigenvalue weighted by Gasteiger charge is 2.24. The van der Waals surface area contributed by atoms with Gasteiger partial charge in [0.25, 0.3) is 0 Å². The van der Waals surface area contributed by atoms with Crippen molar-refractivity contribution >= 4 is 17.1 Å². The summed E-state index contributed by atoms with van der Waals surface area (Å²) in [6.07, 6.45) is 6.25. The van der Waals surface area contributed by atoms with Gasteiger partial charge in [-0.2, -0.15) is 0 Å². The molecule has 0 spiro atoms. The van der Waals surface area contributed by atoms with E-state index < -0.39 is 0 Å². The van der Waals surface area contributed by atoms with Crippen LogP contribution in [0.2, 0.25) is 0 Å². The summed E-state index contributed by atoms with van der Waals surface area (Å²) >= 11 is 0. The molecule has 2 atom stereocenters. The van der Waals surface area contributed by atoms with Crippen molar-refractivity contribution in [1.29, 1.82) is 0 Å². The lowest BCUT2D eigenvalue weighted by Crippen LogP contribution is -2.43. The van der Waals surface area contributed by atoms with Gasteiger partial charge in [-0.15, -0.1) is 0 Å². The van der Waals surface area contributed by atoms with E-state index in [2.05, 4.69) is 17.2 Å². The number of nitrogens with one attached hydrogen (secondary N) is 1. The zero-order valence-electron chi connectivity index (χ0n) is 14.7. The predicted molar refractivity (Wildman–Crippen MR) is 93.9 cm³/mol. The summed E-state index contributed by atoms with van der Waals surface area (Å²) in [5, 5.41) is 3.12. The average Bonchev–Trinajstić information content (AvgIpc) is 2.82. The van der Waals surface area contributed by atoms with E-state index in [1.54, 1.807) is 16.8 Å². The molecule has 1 fully saturated rings. The largest absolute Gasteiger partial charge is 0.352 e. The van der Waals surface area contributed by atoms with Crippen LogP contribution in [-0.4, -0.2) is 26.1 Å². The maximum Gasteiger partial charge on any atom is 0.331 e. The quantitative estimate of drug-likeness (QED) is 0.936. The molecule has 1 aliphatic carbocycles. The molecule has 6 nitrogen and oxygen atoms in total. The lowest BCUT2D eigenvalue weighted by atomic mass is 9.86. The van der Waals surface area contributed by atoms with Crippen molar-refractivity contribution in [2.45, 2.75) is 65.1 Å². The number of rotatable bonds is 4. The molecule has 130 valence electrons. The van der Waals surface area contributed by atoms with Crippen LogP contribution in [0.1, 0.15) is 52.5 Å². The van der Waals surface area contributed by atoms with Crippen molar-refractivity contribution in [2.24, 2.45) is 5.92 Å². The highest BCUT2D eigenvalue weighted by molar-refractivity contribution is 5.79. The highest BCUT2D eigenvalue weighted by atomic mass is 16.2. The van der Waals surface area contributed by atoms with Gasteiger partial charge in [0.1, 0.15) is 6.54 Å². The molecule has 2 aromatic heterocycles. The van der Waals surface area contributed by atoms with Crippen LogP contribution in [0.25, 0.3) is 11.2 Å². The third kappa shape index (κ3) is 3.09. The van der Waals surface area contributed by atoms with Crippen molar-refractivity contribution in [2.75, 3.05) is 0 Å². The number of pyridine rings is 1. The molecule has 1 saturated carbocycles. The summed E-state index contributed by atoms with van der Waals surface area (Å²) in [6.45, 7) is 6.13. The maximum absolute atomic E-state index is 12.7. The van der Waals surface area contributed by atoms with Gasteiger partial charge in [-0.25, -0.2) is 9.78 Å². The minimum atomic E-state index is -0.175. The Hall–Kier alpha value is -2.11. The van der Waals surface area contributed by atoms with Gasteiger partial charge in [0.15, 0.2) is 5.65 Å². The van der Waals surface area contributed by atoms with Gasteiger partial charge in [0.2, 0.25) is 5.91 Å². The summed E-state index contributed by atoms with van der Waals surface area (Å²) in [6, 6.07) is 3.86. The van der Waals surface area contributed by atoms with Crippen molar-refractivity contribution in [3.8, 4) is 0 Å². The minimum Gasteiger partial charge on any atom is -0.352 e. The van der Waals surface area contributed by atoms with Crippen molar-refractivity contribution < 1.29 is 4.79 Å². The number of fused-ring (bicyclic) bond motifs is 1. The molecule has 3 rings (SSSR count). The van der Waals surface area contributed by atoms with Crippen LogP contribution in [-0.2, 0) is 11.3 Å². The molecule has 6 heteroatoms. The molecule has 1 N–H and O–H groups in total. The summed E-state index contributed by atoms with van der Waals surface area (Å²) in [7, 11) is 0. The molecule has 2 heterocycles. The fraction of sp³-hybridized carbons (Fsp3) is 0.611. The molecule has 1 amide bonds. The van der Waals surface area contributed by atoms with E-state index in [1.165, 1.54) is 11.0 Å². The van der Waals surface area contributed by atoms with Crippen LogP contribution in [0.3, 0.4) is 0 Å². The van der Waals surface area contributed by atoms with Gasteiger partial charge in [-0.3, -0.25) is 13.9 Å². The Morgan fingerprint density at radius 3 is 2.83 bits per heavy atom. The first kappa shape index (κ1) is 16.7. The van der Waals surface area contributed by atoms with Crippen molar-refractivity contribution in [3.05, 3.63) is 28.8 Å². The Balaban J connectivity index is 1.86. The van der Waals surface area contributed by atoms with Gasteiger partial charge in [0, 0.05) is 18.3 Å². The molecule has 2 aromatic rings. The fourth-order valence-electron chi connectivity index (χ4n) is 3.65. The fourth-order valence-corrected chi connectivity index (χ4v) is 3.65. The Morgan fingerprint density at radius 2 is 2.12 bits per heavy atom. The Labute approximate surface area is 141 Å². The van der Waals surface area contributed by atoms with Gasteiger partial charge < -0.3 is 5.32 Å². The van der Waals surface area contributed by atoms with Gasteiger partial charge >= 0.3 is 5.69 Å². The van der Waals surface area contributed by atoms with E-state index in [0.29, 0.717) is 17.1 Å². The number of hydrogen-bond donors (Lipinski definition) is 1. The van der Waals surface area contributed by atoms with Gasteiger partial charge in [-0.05, 0) is 44.7 Å². The minimum absolute atomic E-state index is 0.00224. The number of aromatic nitrogens is 3. The van der Waals surface area contributed by atoms with Crippen LogP contribution in [0.5, 0.6) is 0 Å². The van der Waals surface area contributed by atoms with Crippen molar-refractivity contribution in [1.82, 2.24) is 19.4 Å². The zero-order valence-corrected chi connectivity index (χ0v) is 14.7. The van der Waals surface area contributed by atoms with Crippen LogP contribution in [0.4, 0.5) is 0 Å². The summed E-state index contributed by atoms with van der Waals surface area (Å²) in [5.74, 6) is 0.403. The van der Waals surface area contributed by atoms with Crippen LogP contribution in [0.15, 0.2) is 23.1 Å². The summed E-state index contributed by atoms with van der Waals surface area (Å²) < 4.78 is 3.18. The third-order valence-electron chi connectivity index (χ3n) is 5.00. The van der Waals surface area contributed by atoms with Crippen molar-refractivity contribution in [3.63, 3.8) is 0 Å². The first-order valence-corrected chi connectivity index (χ1v) is 8.84. The van der Waals surface area contributed by atoms with E-state index in [-0.39, 0.29) is 30.2 Å². The molecule has 1 aliphatic rings. The van der Waals surface area contributed by atoms with E-state index in [0.717, 1.165) is 19.3 Å². The lowest BCUT2D eigenvalue weighted by molar-refractivity contribution is -0.122. The second kappa shape index (κ2) is 6.79. The summed E-state index contributed by atoms with van der Waals surface area (Å²) in [4.78, 5) is 29.6. The number of imidazole rings is 1. The number of carbonyl (C=O) groups excluding carboxylic acids is 1. The second-order valence-corrected chi connectivity index (χ2v) is 7.11. The molecule has 0 aliphatic heterocycles. The lowest BCUT2D eigenvalue weighted by Gasteiger charge is -2.29. The van der Waals surface area contributed by atoms with Gasteiger partial charge in [-0.1, -0.05) is 19.8 Å². The molecule has 0 bridgehead atoms. The Bertz CT molecular complexity index is 790. The monoisotopic (exact) mass is 330 g/mol. The molecule has 0 radical (unpaired) electrons. The van der Waals surface area contributed by atoms with E-state index in [9.17, 15) is 9.59 Å². The van der Waals surface area contributed by atoms with Crippen LogP contribution < -0.4 is 11.0 Å².